The first-order valence-corrected chi connectivity index (χ1v) is 7.15. The fourth-order valence-corrected chi connectivity index (χ4v) is 2.46. The number of hydrogen-bond acceptors (Lipinski definition) is 4. The van der Waals surface area contributed by atoms with Gasteiger partial charge in [0.1, 0.15) is 0 Å². The third-order valence-corrected chi connectivity index (χ3v) is 3.60. The Morgan fingerprint density at radius 3 is 2.67 bits per heavy atom. The van der Waals surface area contributed by atoms with E-state index in [0.717, 1.165) is 22.5 Å². The van der Waals surface area contributed by atoms with E-state index in [1.54, 1.807) is 11.8 Å². The summed E-state index contributed by atoms with van der Waals surface area (Å²) in [6.07, 6.45) is 0. The van der Waals surface area contributed by atoms with Crippen molar-refractivity contribution in [3.05, 3.63) is 34.9 Å². The molecule has 0 unspecified atom stereocenters. The SMILES string of the molecule is CC(C)Cn1nnnc1SCc1ccc(Cl)cc1. The van der Waals surface area contributed by atoms with Gasteiger partial charge in [0.15, 0.2) is 0 Å². The lowest BCUT2D eigenvalue weighted by Gasteiger charge is -2.06. The summed E-state index contributed by atoms with van der Waals surface area (Å²) in [4.78, 5) is 0. The van der Waals surface area contributed by atoms with Crippen LogP contribution in [0.15, 0.2) is 29.4 Å². The standard InChI is InChI=1S/C12H15ClN4S/c1-9(2)7-17-12(14-15-16-17)18-8-10-3-5-11(13)6-4-10/h3-6,9H,7-8H2,1-2H3. The summed E-state index contributed by atoms with van der Waals surface area (Å²) in [6, 6.07) is 7.83. The molecule has 2 rings (SSSR count). The minimum Gasteiger partial charge on any atom is -0.220 e. The maximum absolute atomic E-state index is 5.85. The highest BCUT2D eigenvalue weighted by Crippen LogP contribution is 2.21. The highest BCUT2D eigenvalue weighted by molar-refractivity contribution is 7.98. The number of benzene rings is 1. The van der Waals surface area contributed by atoms with Crippen molar-refractivity contribution in [2.24, 2.45) is 5.92 Å². The molecular formula is C12H15ClN4S. The van der Waals surface area contributed by atoms with Crippen molar-refractivity contribution in [2.45, 2.75) is 31.3 Å². The average molecular weight is 283 g/mol. The summed E-state index contributed by atoms with van der Waals surface area (Å²) in [7, 11) is 0. The Kier molecular flexibility index (Phi) is 4.60. The number of thioether (sulfide) groups is 1. The Morgan fingerprint density at radius 2 is 2.00 bits per heavy atom. The van der Waals surface area contributed by atoms with Gasteiger partial charge in [0.25, 0.3) is 0 Å². The second kappa shape index (κ2) is 6.20. The zero-order chi connectivity index (χ0) is 13.0. The first kappa shape index (κ1) is 13.4. The van der Waals surface area contributed by atoms with Gasteiger partial charge in [-0.05, 0) is 34.0 Å². The van der Waals surface area contributed by atoms with Gasteiger partial charge >= 0.3 is 0 Å². The fraction of sp³-hybridized carbons (Fsp3) is 0.417. The zero-order valence-electron chi connectivity index (χ0n) is 10.4. The maximum atomic E-state index is 5.85. The largest absolute Gasteiger partial charge is 0.220 e. The average Bonchev–Trinajstić information content (AvgIpc) is 2.75. The van der Waals surface area contributed by atoms with Crippen LogP contribution in [0.4, 0.5) is 0 Å². The molecular weight excluding hydrogens is 268 g/mol. The van der Waals surface area contributed by atoms with E-state index in [9.17, 15) is 0 Å². The second-order valence-corrected chi connectivity index (χ2v) is 5.83. The third kappa shape index (κ3) is 3.71. The van der Waals surface area contributed by atoms with Gasteiger partial charge in [-0.3, -0.25) is 0 Å². The fourth-order valence-electron chi connectivity index (χ4n) is 1.49. The topological polar surface area (TPSA) is 43.6 Å². The van der Waals surface area contributed by atoms with Gasteiger partial charge in [-0.1, -0.05) is 49.3 Å². The molecule has 0 spiro atoms. The predicted octanol–water partition coefficient (Wildman–Crippen LogP) is 3.27. The van der Waals surface area contributed by atoms with E-state index in [1.165, 1.54) is 5.56 Å². The van der Waals surface area contributed by atoms with E-state index in [-0.39, 0.29) is 0 Å². The Balaban J connectivity index is 1.97. The molecule has 1 aromatic heterocycles. The molecule has 0 saturated carbocycles. The molecule has 0 amide bonds. The van der Waals surface area contributed by atoms with Gasteiger partial charge in [-0.25, -0.2) is 4.68 Å². The van der Waals surface area contributed by atoms with Crippen LogP contribution in [-0.2, 0) is 12.3 Å². The minimum absolute atomic E-state index is 0.531. The maximum Gasteiger partial charge on any atom is 0.209 e. The monoisotopic (exact) mass is 282 g/mol. The number of aromatic nitrogens is 4. The number of rotatable bonds is 5. The highest BCUT2D eigenvalue weighted by atomic mass is 35.5. The lowest BCUT2D eigenvalue weighted by atomic mass is 10.2. The van der Waals surface area contributed by atoms with Gasteiger partial charge in [-0.2, -0.15) is 0 Å². The van der Waals surface area contributed by atoms with Crippen molar-refractivity contribution in [2.75, 3.05) is 0 Å². The van der Waals surface area contributed by atoms with Crippen molar-refractivity contribution in [3.8, 4) is 0 Å². The van der Waals surface area contributed by atoms with Crippen molar-refractivity contribution in [3.63, 3.8) is 0 Å². The lowest BCUT2D eigenvalue weighted by Crippen LogP contribution is -2.07. The molecule has 0 aliphatic heterocycles. The minimum atomic E-state index is 0.531. The number of halogens is 1. The molecule has 1 aromatic carbocycles. The molecule has 1 heterocycles. The van der Waals surface area contributed by atoms with Crippen LogP contribution in [-0.4, -0.2) is 20.2 Å². The van der Waals surface area contributed by atoms with Crippen LogP contribution in [0.25, 0.3) is 0 Å². The van der Waals surface area contributed by atoms with Gasteiger partial charge in [-0.15, -0.1) is 5.10 Å². The molecule has 0 aliphatic carbocycles. The summed E-state index contributed by atoms with van der Waals surface area (Å²) in [5.74, 6) is 1.37. The van der Waals surface area contributed by atoms with Crippen LogP contribution < -0.4 is 0 Å². The molecule has 18 heavy (non-hydrogen) atoms. The first-order chi connectivity index (χ1) is 8.65. The smallest absolute Gasteiger partial charge is 0.209 e. The summed E-state index contributed by atoms with van der Waals surface area (Å²) >= 11 is 7.49. The van der Waals surface area contributed by atoms with Gasteiger partial charge < -0.3 is 0 Å². The van der Waals surface area contributed by atoms with Crippen LogP contribution in [0.3, 0.4) is 0 Å². The van der Waals surface area contributed by atoms with E-state index in [0.29, 0.717) is 5.92 Å². The molecule has 4 nitrogen and oxygen atoms in total. The van der Waals surface area contributed by atoms with Crippen molar-refractivity contribution in [1.82, 2.24) is 20.2 Å². The third-order valence-electron chi connectivity index (χ3n) is 2.32. The number of hydrogen-bond donors (Lipinski definition) is 0. The molecule has 0 fully saturated rings. The summed E-state index contributed by atoms with van der Waals surface area (Å²) in [5.41, 5.74) is 1.21. The lowest BCUT2D eigenvalue weighted by molar-refractivity contribution is 0.446. The summed E-state index contributed by atoms with van der Waals surface area (Å²) in [6.45, 7) is 5.14. The van der Waals surface area contributed by atoms with Gasteiger partial charge in [0.2, 0.25) is 5.16 Å². The highest BCUT2D eigenvalue weighted by Gasteiger charge is 2.08. The summed E-state index contributed by atoms with van der Waals surface area (Å²) in [5, 5.41) is 13.4. The molecule has 6 heteroatoms. The Bertz CT molecular complexity index is 495. The Hall–Kier alpha value is -1.07. The van der Waals surface area contributed by atoms with Crippen LogP contribution in [0.1, 0.15) is 19.4 Å². The second-order valence-electron chi connectivity index (χ2n) is 4.45. The molecule has 0 aliphatic rings. The van der Waals surface area contributed by atoms with Crippen molar-refractivity contribution in [1.29, 1.82) is 0 Å². The summed E-state index contributed by atoms with van der Waals surface area (Å²) < 4.78 is 1.85. The zero-order valence-corrected chi connectivity index (χ0v) is 11.9. The molecule has 96 valence electrons. The van der Waals surface area contributed by atoms with E-state index >= 15 is 0 Å². The molecule has 0 saturated heterocycles. The number of tetrazole rings is 1. The van der Waals surface area contributed by atoms with E-state index < -0.39 is 0 Å². The first-order valence-electron chi connectivity index (χ1n) is 5.78. The predicted molar refractivity (Wildman–Crippen MR) is 73.7 cm³/mol. The molecule has 2 aromatic rings. The van der Waals surface area contributed by atoms with Crippen LogP contribution in [0.5, 0.6) is 0 Å². The van der Waals surface area contributed by atoms with Crippen molar-refractivity contribution >= 4 is 23.4 Å². The van der Waals surface area contributed by atoms with Gasteiger partial charge in [0, 0.05) is 17.3 Å². The number of nitrogens with zero attached hydrogens (tertiary/aromatic N) is 4. The molecule has 0 bridgehead atoms. The van der Waals surface area contributed by atoms with E-state index in [4.69, 9.17) is 11.6 Å². The normalized spacial score (nSPS) is 11.1. The molecule has 0 radical (unpaired) electrons. The molecule has 0 atom stereocenters. The van der Waals surface area contributed by atoms with Gasteiger partial charge in [0.05, 0.1) is 0 Å². The Morgan fingerprint density at radius 1 is 1.28 bits per heavy atom. The quantitative estimate of drug-likeness (QED) is 0.790. The van der Waals surface area contributed by atoms with Crippen LogP contribution in [0, 0.1) is 5.92 Å². The molecule has 0 N–H and O–H groups in total. The van der Waals surface area contributed by atoms with E-state index in [1.807, 2.05) is 28.9 Å². The van der Waals surface area contributed by atoms with Crippen molar-refractivity contribution < 1.29 is 0 Å². The van der Waals surface area contributed by atoms with E-state index in [2.05, 4.69) is 29.4 Å². The van der Waals surface area contributed by atoms with Crippen LogP contribution >= 0.6 is 23.4 Å². The van der Waals surface area contributed by atoms with Crippen LogP contribution in [0.2, 0.25) is 5.02 Å². The Labute approximate surface area is 116 Å².